The maximum atomic E-state index is 11.6. The zero-order valence-electron chi connectivity index (χ0n) is 8.60. The number of para-hydroxylation sites is 1. The number of amides is 1. The monoisotopic (exact) mass is 216 g/mol. The van der Waals surface area contributed by atoms with E-state index in [-0.39, 0.29) is 11.7 Å². The molecular weight excluding hydrogens is 204 g/mol. The number of phenolic OH excluding ortho intramolecular Hbond substituents is 1. The van der Waals surface area contributed by atoms with Crippen molar-refractivity contribution in [3.05, 3.63) is 53.9 Å². The van der Waals surface area contributed by atoms with Crippen molar-refractivity contribution in [2.24, 2.45) is 0 Å². The molecule has 16 heavy (non-hydrogen) atoms. The fourth-order valence-electron chi connectivity index (χ4n) is 1.40. The van der Waals surface area contributed by atoms with Crippen molar-refractivity contribution < 1.29 is 9.90 Å². The van der Waals surface area contributed by atoms with Gasteiger partial charge in [-0.05, 0) is 18.2 Å². The Morgan fingerprint density at radius 3 is 2.75 bits per heavy atom. The number of phenols is 1. The minimum atomic E-state index is -0.187. The van der Waals surface area contributed by atoms with E-state index in [1.165, 1.54) is 0 Å². The molecule has 0 aliphatic heterocycles. The second-order valence-electron chi connectivity index (χ2n) is 3.40. The lowest BCUT2D eigenvalue weighted by molar-refractivity contribution is 0.0946. The molecule has 0 saturated heterocycles. The largest absolute Gasteiger partial charge is 0.508 e. The summed E-state index contributed by atoms with van der Waals surface area (Å²) in [6.07, 6.45) is 1.69. The Kier molecular flexibility index (Phi) is 2.91. The lowest BCUT2D eigenvalue weighted by Gasteiger charge is -2.05. The van der Waals surface area contributed by atoms with Gasteiger partial charge in [-0.3, -0.25) is 4.79 Å². The molecule has 0 aliphatic rings. The fraction of sp³-hybridized carbons (Fsp3) is 0.0833. The van der Waals surface area contributed by atoms with Crippen molar-refractivity contribution in [2.75, 3.05) is 0 Å². The zero-order valence-corrected chi connectivity index (χ0v) is 8.60. The second-order valence-corrected chi connectivity index (χ2v) is 3.40. The van der Waals surface area contributed by atoms with Crippen molar-refractivity contribution in [3.63, 3.8) is 0 Å². The first kappa shape index (κ1) is 10.3. The summed E-state index contributed by atoms with van der Waals surface area (Å²) in [5.74, 6) is 0.00235. The Balaban J connectivity index is 1.98. The van der Waals surface area contributed by atoms with Crippen LogP contribution in [0.25, 0.3) is 0 Å². The summed E-state index contributed by atoms with van der Waals surface area (Å²) < 4.78 is 0. The van der Waals surface area contributed by atoms with Crippen LogP contribution >= 0.6 is 0 Å². The molecule has 2 rings (SSSR count). The van der Waals surface area contributed by atoms with Gasteiger partial charge in [-0.1, -0.05) is 18.2 Å². The molecule has 1 aromatic carbocycles. The van der Waals surface area contributed by atoms with Crippen LogP contribution in [0.1, 0.15) is 16.1 Å². The molecule has 1 aromatic heterocycles. The van der Waals surface area contributed by atoms with E-state index in [1.54, 1.807) is 36.5 Å². The van der Waals surface area contributed by atoms with Crippen LogP contribution in [0.4, 0.5) is 0 Å². The smallest absolute Gasteiger partial charge is 0.267 e. The number of hydrogen-bond acceptors (Lipinski definition) is 2. The predicted octanol–water partition coefficient (Wildman–Crippen LogP) is 1.65. The Morgan fingerprint density at radius 1 is 1.25 bits per heavy atom. The van der Waals surface area contributed by atoms with Gasteiger partial charge in [0.25, 0.3) is 5.91 Å². The highest BCUT2D eigenvalue weighted by Gasteiger charge is 2.06. The maximum Gasteiger partial charge on any atom is 0.267 e. The maximum absolute atomic E-state index is 11.6. The molecule has 0 saturated carbocycles. The van der Waals surface area contributed by atoms with Crippen LogP contribution < -0.4 is 5.32 Å². The zero-order chi connectivity index (χ0) is 11.4. The number of nitrogens with one attached hydrogen (secondary N) is 2. The number of rotatable bonds is 3. The molecule has 0 atom stereocenters. The molecule has 0 bridgehead atoms. The Bertz CT molecular complexity index is 478. The van der Waals surface area contributed by atoms with Crippen molar-refractivity contribution in [1.29, 1.82) is 0 Å². The minimum absolute atomic E-state index is 0.187. The lowest BCUT2D eigenvalue weighted by atomic mass is 10.2. The van der Waals surface area contributed by atoms with E-state index < -0.39 is 0 Å². The van der Waals surface area contributed by atoms with Crippen LogP contribution in [-0.4, -0.2) is 16.0 Å². The molecule has 1 amide bonds. The Hall–Kier alpha value is -2.23. The molecular formula is C12H12N2O2. The SMILES string of the molecule is O=C(NCc1ccccc1O)c1ccc[nH]1. The molecule has 0 fully saturated rings. The van der Waals surface area contributed by atoms with E-state index in [2.05, 4.69) is 10.3 Å². The normalized spacial score (nSPS) is 10.0. The first-order valence-electron chi connectivity index (χ1n) is 4.96. The molecule has 0 radical (unpaired) electrons. The number of carbonyl (C=O) groups excluding carboxylic acids is 1. The highest BCUT2D eigenvalue weighted by Crippen LogP contribution is 2.14. The molecule has 1 heterocycles. The molecule has 4 heteroatoms. The average Bonchev–Trinajstić information content (AvgIpc) is 2.81. The van der Waals surface area contributed by atoms with Crippen LogP contribution in [0.2, 0.25) is 0 Å². The van der Waals surface area contributed by atoms with Gasteiger partial charge in [0.2, 0.25) is 0 Å². The van der Waals surface area contributed by atoms with Crippen molar-refractivity contribution in [1.82, 2.24) is 10.3 Å². The van der Waals surface area contributed by atoms with Gasteiger partial charge in [0.05, 0.1) is 0 Å². The van der Waals surface area contributed by atoms with Crippen LogP contribution in [0, 0.1) is 0 Å². The third-order valence-corrected chi connectivity index (χ3v) is 2.27. The molecule has 3 N–H and O–H groups in total. The molecule has 0 unspecified atom stereocenters. The fourth-order valence-corrected chi connectivity index (χ4v) is 1.40. The Morgan fingerprint density at radius 2 is 2.06 bits per heavy atom. The van der Waals surface area contributed by atoms with Crippen LogP contribution in [-0.2, 0) is 6.54 Å². The summed E-state index contributed by atoms with van der Waals surface area (Å²) in [6.45, 7) is 0.310. The number of aromatic hydroxyl groups is 1. The van der Waals surface area contributed by atoms with Crippen LogP contribution in [0.15, 0.2) is 42.6 Å². The highest BCUT2D eigenvalue weighted by atomic mass is 16.3. The number of H-pyrrole nitrogens is 1. The summed E-state index contributed by atoms with van der Waals surface area (Å²) >= 11 is 0. The number of carbonyl (C=O) groups is 1. The van der Waals surface area contributed by atoms with Crippen molar-refractivity contribution in [2.45, 2.75) is 6.54 Å². The molecule has 0 aliphatic carbocycles. The van der Waals surface area contributed by atoms with Gasteiger partial charge in [-0.15, -0.1) is 0 Å². The van der Waals surface area contributed by atoms with E-state index in [4.69, 9.17) is 0 Å². The minimum Gasteiger partial charge on any atom is -0.508 e. The highest BCUT2D eigenvalue weighted by molar-refractivity contribution is 5.92. The summed E-state index contributed by atoms with van der Waals surface area (Å²) in [6, 6.07) is 10.4. The van der Waals surface area contributed by atoms with E-state index in [0.29, 0.717) is 17.8 Å². The first-order valence-corrected chi connectivity index (χ1v) is 4.96. The third kappa shape index (κ3) is 2.23. The number of hydrogen-bond donors (Lipinski definition) is 3. The van der Waals surface area contributed by atoms with Gasteiger partial charge in [0.15, 0.2) is 0 Å². The van der Waals surface area contributed by atoms with Gasteiger partial charge < -0.3 is 15.4 Å². The van der Waals surface area contributed by atoms with Crippen molar-refractivity contribution in [3.8, 4) is 5.75 Å². The standard InChI is InChI=1S/C12H12N2O2/c15-11-6-2-1-4-9(11)8-14-12(16)10-5-3-7-13-10/h1-7,13,15H,8H2,(H,14,16). The summed E-state index contributed by atoms with van der Waals surface area (Å²) in [4.78, 5) is 14.4. The third-order valence-electron chi connectivity index (χ3n) is 2.27. The second kappa shape index (κ2) is 4.53. The van der Waals surface area contributed by atoms with Crippen LogP contribution in [0.3, 0.4) is 0 Å². The van der Waals surface area contributed by atoms with Gasteiger partial charge in [-0.25, -0.2) is 0 Å². The van der Waals surface area contributed by atoms with Gasteiger partial charge >= 0.3 is 0 Å². The number of benzene rings is 1. The first-order chi connectivity index (χ1) is 7.77. The quantitative estimate of drug-likeness (QED) is 0.730. The molecule has 2 aromatic rings. The van der Waals surface area contributed by atoms with Crippen molar-refractivity contribution >= 4 is 5.91 Å². The molecule has 82 valence electrons. The summed E-state index contributed by atoms with van der Waals surface area (Å²) in [5, 5.41) is 12.2. The van der Waals surface area contributed by atoms with Crippen LogP contribution in [0.5, 0.6) is 5.75 Å². The average molecular weight is 216 g/mol. The summed E-state index contributed by atoms with van der Waals surface area (Å²) in [5.41, 5.74) is 1.21. The van der Waals surface area contributed by atoms with E-state index >= 15 is 0 Å². The predicted molar refractivity (Wildman–Crippen MR) is 60.1 cm³/mol. The number of aromatic amines is 1. The van der Waals surface area contributed by atoms with E-state index in [9.17, 15) is 9.90 Å². The number of aromatic nitrogens is 1. The van der Waals surface area contributed by atoms with E-state index in [1.807, 2.05) is 6.07 Å². The topological polar surface area (TPSA) is 65.1 Å². The molecule has 0 spiro atoms. The molecule has 4 nitrogen and oxygen atoms in total. The summed E-state index contributed by atoms with van der Waals surface area (Å²) in [7, 11) is 0. The van der Waals surface area contributed by atoms with Gasteiger partial charge in [0.1, 0.15) is 11.4 Å². The lowest BCUT2D eigenvalue weighted by Crippen LogP contribution is -2.23. The van der Waals surface area contributed by atoms with Gasteiger partial charge in [-0.2, -0.15) is 0 Å². The van der Waals surface area contributed by atoms with Gasteiger partial charge in [0, 0.05) is 18.3 Å². The Labute approximate surface area is 92.9 Å². The van der Waals surface area contributed by atoms with E-state index in [0.717, 1.165) is 0 Å².